The largest absolute Gasteiger partial charge is 0.313 e. The third-order valence-electron chi connectivity index (χ3n) is 6.56. The van der Waals surface area contributed by atoms with Crippen LogP contribution in [0.15, 0.2) is 0 Å². The molecule has 1 N–H and O–H groups in total. The minimum absolute atomic E-state index is 0.574. The number of nitrogens with zero attached hydrogens (tertiary/aromatic N) is 1. The van der Waals surface area contributed by atoms with Crippen LogP contribution >= 0.6 is 0 Å². The molecule has 0 amide bonds. The molecular formula is C18H34N2. The smallest absolute Gasteiger partial charge is 0.00988 e. The van der Waals surface area contributed by atoms with Crippen molar-refractivity contribution in [2.45, 2.75) is 83.8 Å². The zero-order valence-corrected chi connectivity index (χ0v) is 14.0. The molecule has 3 aliphatic rings. The second-order valence-corrected chi connectivity index (χ2v) is 8.79. The quantitative estimate of drug-likeness (QED) is 0.847. The van der Waals surface area contributed by atoms with E-state index in [-0.39, 0.29) is 0 Å². The van der Waals surface area contributed by atoms with Crippen molar-refractivity contribution in [2.24, 2.45) is 17.3 Å². The fraction of sp³-hybridized carbons (Fsp3) is 1.00. The Bertz CT molecular complexity index is 324. The highest BCUT2D eigenvalue weighted by Gasteiger charge is 2.39. The molecule has 0 radical (unpaired) electrons. The molecule has 0 aromatic rings. The van der Waals surface area contributed by atoms with Crippen LogP contribution in [0.1, 0.15) is 65.7 Å². The number of nitrogens with one attached hydrogen (secondary N) is 1. The summed E-state index contributed by atoms with van der Waals surface area (Å²) in [6.45, 7) is 8.61. The molecule has 2 heterocycles. The number of hydrogen-bond acceptors (Lipinski definition) is 2. The van der Waals surface area contributed by atoms with Gasteiger partial charge < -0.3 is 10.2 Å². The van der Waals surface area contributed by atoms with E-state index in [1.54, 1.807) is 0 Å². The van der Waals surface area contributed by atoms with Gasteiger partial charge in [-0.3, -0.25) is 0 Å². The Morgan fingerprint density at radius 2 is 1.75 bits per heavy atom. The van der Waals surface area contributed by atoms with E-state index in [2.05, 4.69) is 38.0 Å². The van der Waals surface area contributed by atoms with Gasteiger partial charge in [-0.1, -0.05) is 20.8 Å². The van der Waals surface area contributed by atoms with Crippen molar-refractivity contribution in [1.29, 1.82) is 0 Å². The maximum atomic E-state index is 3.94. The van der Waals surface area contributed by atoms with E-state index in [0.717, 1.165) is 30.0 Å². The highest BCUT2D eigenvalue weighted by atomic mass is 15.2. The van der Waals surface area contributed by atoms with E-state index in [1.165, 1.54) is 51.5 Å². The number of piperidine rings is 1. The second-order valence-electron chi connectivity index (χ2n) is 8.79. The minimum Gasteiger partial charge on any atom is -0.313 e. The standard InChI is InChI=1S/C18H34N2/c1-13-11-18(2,3)8-7-17(13)19-12-14-9-15-5-6-16(10-14)20(15)4/h13-17,19H,5-12H2,1-4H3. The number of hydrogen-bond donors (Lipinski definition) is 1. The molecule has 0 spiro atoms. The van der Waals surface area contributed by atoms with Gasteiger partial charge in [0.25, 0.3) is 0 Å². The first-order valence-corrected chi connectivity index (χ1v) is 8.90. The van der Waals surface area contributed by atoms with Gasteiger partial charge in [0, 0.05) is 18.1 Å². The summed E-state index contributed by atoms with van der Waals surface area (Å²) in [4.78, 5) is 2.66. The maximum absolute atomic E-state index is 3.94. The topological polar surface area (TPSA) is 15.3 Å². The first-order chi connectivity index (χ1) is 9.44. The Kier molecular flexibility index (Phi) is 4.16. The SMILES string of the molecule is CC1CC(C)(C)CCC1NCC1CC2CCC(C1)N2C. The van der Waals surface area contributed by atoms with Crippen LogP contribution in [0.25, 0.3) is 0 Å². The van der Waals surface area contributed by atoms with Crippen molar-refractivity contribution in [3.63, 3.8) is 0 Å². The highest BCUT2D eigenvalue weighted by molar-refractivity contribution is 4.95. The normalized spacial score (nSPS) is 44.7. The predicted octanol–water partition coefficient (Wildman–Crippen LogP) is 3.66. The maximum Gasteiger partial charge on any atom is 0.00988 e. The summed E-state index contributed by atoms with van der Waals surface area (Å²) in [5.74, 6) is 1.78. The van der Waals surface area contributed by atoms with Gasteiger partial charge in [0.1, 0.15) is 0 Å². The summed E-state index contributed by atoms with van der Waals surface area (Å²) in [7, 11) is 2.34. The summed E-state index contributed by atoms with van der Waals surface area (Å²) in [6, 6.07) is 2.56. The molecule has 0 aromatic heterocycles. The van der Waals surface area contributed by atoms with Crippen LogP contribution in [0, 0.1) is 17.3 Å². The van der Waals surface area contributed by atoms with Gasteiger partial charge >= 0.3 is 0 Å². The van der Waals surface area contributed by atoms with E-state index >= 15 is 0 Å². The molecule has 0 aromatic carbocycles. The molecule has 2 saturated heterocycles. The fourth-order valence-corrected chi connectivity index (χ4v) is 5.26. The van der Waals surface area contributed by atoms with Crippen LogP contribution in [0.4, 0.5) is 0 Å². The zero-order chi connectivity index (χ0) is 14.3. The Balaban J connectivity index is 1.46. The number of fused-ring (bicyclic) bond motifs is 2. The first-order valence-electron chi connectivity index (χ1n) is 8.90. The third kappa shape index (κ3) is 3.06. The molecule has 2 nitrogen and oxygen atoms in total. The molecule has 1 aliphatic carbocycles. The molecule has 116 valence electrons. The lowest BCUT2D eigenvalue weighted by molar-refractivity contribution is 0.115. The van der Waals surface area contributed by atoms with Crippen LogP contribution in [0.5, 0.6) is 0 Å². The summed E-state index contributed by atoms with van der Waals surface area (Å²) in [5.41, 5.74) is 0.574. The summed E-state index contributed by atoms with van der Waals surface area (Å²) in [5, 5.41) is 3.94. The average molecular weight is 278 g/mol. The van der Waals surface area contributed by atoms with E-state index in [4.69, 9.17) is 0 Å². The third-order valence-corrected chi connectivity index (χ3v) is 6.56. The van der Waals surface area contributed by atoms with Crippen LogP contribution in [0.2, 0.25) is 0 Å². The van der Waals surface area contributed by atoms with Gasteiger partial charge in [0.05, 0.1) is 0 Å². The Labute approximate surface area is 125 Å². The van der Waals surface area contributed by atoms with Crippen LogP contribution < -0.4 is 5.32 Å². The highest BCUT2D eigenvalue weighted by Crippen LogP contribution is 2.40. The van der Waals surface area contributed by atoms with Gasteiger partial charge in [0.2, 0.25) is 0 Å². The molecule has 4 unspecified atom stereocenters. The zero-order valence-electron chi connectivity index (χ0n) is 14.0. The first kappa shape index (κ1) is 14.8. The van der Waals surface area contributed by atoms with E-state index in [1.807, 2.05) is 0 Å². The van der Waals surface area contributed by atoms with Gasteiger partial charge in [-0.05, 0) is 75.8 Å². The lowest BCUT2D eigenvalue weighted by atomic mass is 9.70. The Morgan fingerprint density at radius 3 is 2.35 bits per heavy atom. The molecule has 3 rings (SSSR count). The Morgan fingerprint density at radius 1 is 1.10 bits per heavy atom. The molecule has 2 aliphatic heterocycles. The predicted molar refractivity (Wildman–Crippen MR) is 85.9 cm³/mol. The van der Waals surface area contributed by atoms with E-state index in [0.29, 0.717) is 5.41 Å². The summed E-state index contributed by atoms with van der Waals surface area (Å²) < 4.78 is 0. The van der Waals surface area contributed by atoms with Crippen LogP contribution in [-0.2, 0) is 0 Å². The molecule has 1 saturated carbocycles. The molecule has 20 heavy (non-hydrogen) atoms. The van der Waals surface area contributed by atoms with Crippen molar-refractivity contribution >= 4 is 0 Å². The van der Waals surface area contributed by atoms with E-state index < -0.39 is 0 Å². The Hall–Kier alpha value is -0.0800. The van der Waals surface area contributed by atoms with Gasteiger partial charge in [0.15, 0.2) is 0 Å². The van der Waals surface area contributed by atoms with Gasteiger partial charge in [-0.15, -0.1) is 0 Å². The van der Waals surface area contributed by atoms with Crippen LogP contribution in [-0.4, -0.2) is 36.6 Å². The van der Waals surface area contributed by atoms with Crippen LogP contribution in [0.3, 0.4) is 0 Å². The lowest BCUT2D eigenvalue weighted by Gasteiger charge is -2.41. The monoisotopic (exact) mass is 278 g/mol. The van der Waals surface area contributed by atoms with Crippen molar-refractivity contribution in [3.8, 4) is 0 Å². The fourth-order valence-electron chi connectivity index (χ4n) is 5.26. The molecule has 2 bridgehead atoms. The molecule has 4 atom stereocenters. The van der Waals surface area contributed by atoms with Crippen molar-refractivity contribution in [1.82, 2.24) is 10.2 Å². The lowest BCUT2D eigenvalue weighted by Crippen LogP contribution is -2.47. The summed E-state index contributed by atoms with van der Waals surface area (Å²) in [6.07, 6.45) is 9.95. The second kappa shape index (κ2) is 5.61. The van der Waals surface area contributed by atoms with Crippen molar-refractivity contribution in [3.05, 3.63) is 0 Å². The van der Waals surface area contributed by atoms with Gasteiger partial charge in [-0.25, -0.2) is 0 Å². The molecule has 3 fully saturated rings. The average Bonchev–Trinajstić information content (AvgIpc) is 2.61. The van der Waals surface area contributed by atoms with Crippen molar-refractivity contribution < 1.29 is 0 Å². The van der Waals surface area contributed by atoms with Gasteiger partial charge in [-0.2, -0.15) is 0 Å². The molecule has 2 heteroatoms. The van der Waals surface area contributed by atoms with E-state index in [9.17, 15) is 0 Å². The number of rotatable bonds is 3. The van der Waals surface area contributed by atoms with Crippen molar-refractivity contribution in [2.75, 3.05) is 13.6 Å². The molecular weight excluding hydrogens is 244 g/mol. The summed E-state index contributed by atoms with van der Waals surface area (Å²) >= 11 is 0. The minimum atomic E-state index is 0.574.